The van der Waals surface area contributed by atoms with Crippen molar-refractivity contribution in [3.63, 3.8) is 0 Å². The van der Waals surface area contributed by atoms with Crippen molar-refractivity contribution in [3.05, 3.63) is 84.2 Å². The van der Waals surface area contributed by atoms with E-state index in [9.17, 15) is 4.79 Å². The quantitative estimate of drug-likeness (QED) is 0.263. The van der Waals surface area contributed by atoms with Gasteiger partial charge in [0, 0.05) is 0 Å². The Morgan fingerprint density at radius 3 is 2.86 bits per heavy atom. The van der Waals surface area contributed by atoms with Crippen molar-refractivity contribution in [2.75, 3.05) is 13.4 Å². The first-order valence-electron chi connectivity index (χ1n) is 11.0. The molecule has 1 aliphatic heterocycles. The van der Waals surface area contributed by atoms with Crippen molar-refractivity contribution in [1.82, 2.24) is 9.38 Å². The van der Waals surface area contributed by atoms with Gasteiger partial charge >= 0.3 is 0 Å². The Bertz CT molecular complexity index is 1690. The van der Waals surface area contributed by atoms with Crippen molar-refractivity contribution >= 4 is 56.0 Å². The van der Waals surface area contributed by atoms with Crippen LogP contribution >= 0.6 is 33.9 Å². The molecular formula is C26H19IN2O5S. The number of nitrogens with zero attached hydrogens (tertiary/aromatic N) is 2. The summed E-state index contributed by atoms with van der Waals surface area (Å²) in [7, 11) is 0. The van der Waals surface area contributed by atoms with E-state index < -0.39 is 0 Å². The van der Waals surface area contributed by atoms with Crippen LogP contribution in [0.2, 0.25) is 0 Å². The Labute approximate surface area is 217 Å². The van der Waals surface area contributed by atoms with Gasteiger partial charge in [-0.15, -0.1) is 0 Å². The molecule has 0 aliphatic carbocycles. The standard InChI is InChI=1S/C26H19IN2O5S/c1-2-31-22-11-16(12-23-25(30)29-19-6-4-3-5-18(19)28-26(29)35-23)9-17(27)24(22)32-13-15-7-8-20-21(10-15)34-14-33-20/h3-12H,2,13-14H2,1H3. The van der Waals surface area contributed by atoms with Crippen molar-refractivity contribution in [1.29, 1.82) is 0 Å². The molecule has 0 bridgehead atoms. The molecular weight excluding hydrogens is 579 g/mol. The van der Waals surface area contributed by atoms with Gasteiger partial charge in [0.05, 0.1) is 25.7 Å². The molecule has 5 aromatic rings. The van der Waals surface area contributed by atoms with E-state index in [0.29, 0.717) is 34.2 Å². The van der Waals surface area contributed by atoms with Gasteiger partial charge in [-0.25, -0.2) is 9.38 Å². The highest BCUT2D eigenvalue weighted by molar-refractivity contribution is 14.1. The molecule has 0 fully saturated rings. The van der Waals surface area contributed by atoms with E-state index >= 15 is 0 Å². The van der Waals surface area contributed by atoms with Crippen LogP contribution in [-0.4, -0.2) is 22.8 Å². The lowest BCUT2D eigenvalue weighted by atomic mass is 10.2. The number of fused-ring (bicyclic) bond motifs is 4. The third-order valence-electron chi connectivity index (χ3n) is 5.59. The number of hydrogen-bond acceptors (Lipinski definition) is 7. The number of aromatic nitrogens is 2. The minimum absolute atomic E-state index is 0.0743. The normalized spacial score (nSPS) is 13.1. The number of benzene rings is 3. The van der Waals surface area contributed by atoms with Crippen LogP contribution in [0.25, 0.3) is 22.1 Å². The van der Waals surface area contributed by atoms with Crippen molar-refractivity contribution in [3.8, 4) is 23.0 Å². The summed E-state index contributed by atoms with van der Waals surface area (Å²) in [5.74, 6) is 2.76. The molecule has 3 heterocycles. The number of rotatable bonds is 6. The fraction of sp³-hybridized carbons (Fsp3) is 0.154. The molecule has 1 aliphatic rings. The minimum Gasteiger partial charge on any atom is -0.490 e. The molecule has 2 aromatic heterocycles. The Kier molecular flexibility index (Phi) is 5.73. The molecule has 176 valence electrons. The molecule has 0 atom stereocenters. The van der Waals surface area contributed by atoms with E-state index in [1.54, 1.807) is 4.40 Å². The minimum atomic E-state index is -0.0743. The molecule has 0 amide bonds. The molecule has 3 aromatic carbocycles. The predicted octanol–water partition coefficient (Wildman–Crippen LogP) is 4.77. The van der Waals surface area contributed by atoms with Gasteiger partial charge in [-0.3, -0.25) is 4.79 Å². The fourth-order valence-electron chi connectivity index (χ4n) is 4.02. The Morgan fingerprint density at radius 2 is 1.97 bits per heavy atom. The Balaban J connectivity index is 1.34. The summed E-state index contributed by atoms with van der Waals surface area (Å²) < 4.78 is 26.1. The predicted molar refractivity (Wildman–Crippen MR) is 143 cm³/mol. The smallest absolute Gasteiger partial charge is 0.274 e. The van der Waals surface area contributed by atoms with Crippen LogP contribution < -0.4 is 29.0 Å². The van der Waals surface area contributed by atoms with Crippen molar-refractivity contribution in [2.45, 2.75) is 13.5 Å². The van der Waals surface area contributed by atoms with Gasteiger partial charge in [0.2, 0.25) is 6.79 Å². The zero-order valence-corrected chi connectivity index (χ0v) is 21.6. The van der Waals surface area contributed by atoms with Gasteiger partial charge in [-0.05, 0) is 83.1 Å². The molecule has 6 rings (SSSR count). The van der Waals surface area contributed by atoms with Gasteiger partial charge in [-0.1, -0.05) is 29.5 Å². The molecule has 0 radical (unpaired) electrons. The monoisotopic (exact) mass is 598 g/mol. The molecule has 0 N–H and O–H groups in total. The molecule has 0 saturated heterocycles. The van der Waals surface area contributed by atoms with E-state index in [-0.39, 0.29) is 12.4 Å². The third-order valence-corrected chi connectivity index (χ3v) is 7.36. The Morgan fingerprint density at radius 1 is 1.11 bits per heavy atom. The fourth-order valence-corrected chi connectivity index (χ4v) is 5.79. The first kappa shape index (κ1) is 22.2. The first-order valence-corrected chi connectivity index (χ1v) is 12.9. The summed E-state index contributed by atoms with van der Waals surface area (Å²) >= 11 is 3.62. The topological polar surface area (TPSA) is 71.3 Å². The van der Waals surface area contributed by atoms with Crippen LogP contribution in [0, 0.1) is 3.57 Å². The maximum atomic E-state index is 13.1. The summed E-state index contributed by atoms with van der Waals surface area (Å²) in [6, 6.07) is 17.3. The van der Waals surface area contributed by atoms with Crippen LogP contribution in [-0.2, 0) is 6.61 Å². The van der Waals surface area contributed by atoms with E-state index in [0.717, 1.165) is 37.2 Å². The molecule has 0 unspecified atom stereocenters. The lowest BCUT2D eigenvalue weighted by Crippen LogP contribution is -2.22. The Hall–Kier alpha value is -3.31. The number of halogens is 1. The van der Waals surface area contributed by atoms with Gasteiger partial charge in [0.15, 0.2) is 28.0 Å². The number of ether oxygens (including phenoxy) is 4. The first-order chi connectivity index (χ1) is 17.1. The second-order valence-corrected chi connectivity index (χ2v) is 10.0. The average molecular weight is 598 g/mol. The molecule has 0 spiro atoms. The van der Waals surface area contributed by atoms with Gasteiger partial charge < -0.3 is 18.9 Å². The molecule has 35 heavy (non-hydrogen) atoms. The molecule has 0 saturated carbocycles. The summed E-state index contributed by atoms with van der Waals surface area (Å²) in [4.78, 5) is 18.4. The van der Waals surface area contributed by atoms with Gasteiger partial charge in [-0.2, -0.15) is 0 Å². The lowest BCUT2D eigenvalue weighted by Gasteiger charge is -2.15. The number of imidazole rings is 1. The highest BCUT2D eigenvalue weighted by atomic mass is 127. The second-order valence-electron chi connectivity index (χ2n) is 7.87. The molecule has 9 heteroatoms. The van der Waals surface area contributed by atoms with Gasteiger partial charge in [0.1, 0.15) is 6.61 Å². The summed E-state index contributed by atoms with van der Waals surface area (Å²) in [5.41, 5.74) is 3.39. The maximum Gasteiger partial charge on any atom is 0.274 e. The second kappa shape index (κ2) is 9.04. The SMILES string of the molecule is CCOc1cc(C=c2sc3nc4ccccc4n3c2=O)cc(I)c1OCc1ccc2c(c1)OCO2. The summed E-state index contributed by atoms with van der Waals surface area (Å²) in [6.07, 6.45) is 1.88. The zero-order chi connectivity index (χ0) is 23.9. The van der Waals surface area contributed by atoms with Crippen LogP contribution in [0.4, 0.5) is 0 Å². The molecule has 7 nitrogen and oxygen atoms in total. The van der Waals surface area contributed by atoms with Crippen LogP contribution in [0.5, 0.6) is 23.0 Å². The number of thiazole rings is 1. The maximum absolute atomic E-state index is 13.1. The van der Waals surface area contributed by atoms with E-state index in [4.69, 9.17) is 18.9 Å². The van der Waals surface area contributed by atoms with Crippen molar-refractivity contribution < 1.29 is 18.9 Å². The zero-order valence-electron chi connectivity index (χ0n) is 18.6. The van der Waals surface area contributed by atoms with Crippen LogP contribution in [0.15, 0.2) is 59.4 Å². The highest BCUT2D eigenvalue weighted by Crippen LogP contribution is 2.36. The summed E-state index contributed by atoms with van der Waals surface area (Å²) in [5, 5.41) is 0. The van der Waals surface area contributed by atoms with E-state index in [1.807, 2.05) is 67.6 Å². The average Bonchev–Trinajstić information content (AvgIpc) is 3.53. The van der Waals surface area contributed by atoms with Crippen molar-refractivity contribution in [2.24, 2.45) is 0 Å². The lowest BCUT2D eigenvalue weighted by molar-refractivity contribution is 0.174. The van der Waals surface area contributed by atoms with E-state index in [1.165, 1.54) is 11.3 Å². The summed E-state index contributed by atoms with van der Waals surface area (Å²) in [6.45, 7) is 3.02. The van der Waals surface area contributed by atoms with Gasteiger partial charge in [0.25, 0.3) is 5.56 Å². The number of hydrogen-bond donors (Lipinski definition) is 0. The largest absolute Gasteiger partial charge is 0.490 e. The van der Waals surface area contributed by atoms with Crippen LogP contribution in [0.1, 0.15) is 18.1 Å². The van der Waals surface area contributed by atoms with E-state index in [2.05, 4.69) is 27.6 Å². The highest BCUT2D eigenvalue weighted by Gasteiger charge is 2.16. The van der Waals surface area contributed by atoms with Crippen LogP contribution in [0.3, 0.4) is 0 Å². The third kappa shape index (κ3) is 4.08. The number of para-hydroxylation sites is 2.